The molecule has 0 bridgehead atoms. The number of amides is 1. The van der Waals surface area contributed by atoms with Gasteiger partial charge in [0.2, 0.25) is 0 Å². The monoisotopic (exact) mass is 374 g/mol. The summed E-state index contributed by atoms with van der Waals surface area (Å²) in [4.78, 5) is 16.3. The summed E-state index contributed by atoms with van der Waals surface area (Å²) in [7, 11) is 1.55. The predicted molar refractivity (Wildman–Crippen MR) is 86.7 cm³/mol. The highest BCUT2D eigenvalue weighted by Crippen LogP contribution is 2.21. The normalized spacial score (nSPS) is 12.7. The minimum absolute atomic E-state index is 0.114. The Morgan fingerprint density at radius 3 is 2.60 bits per heavy atom. The summed E-state index contributed by atoms with van der Waals surface area (Å²) in [6.07, 6.45) is -4.38. The number of hydrogen-bond acceptors (Lipinski definition) is 5. The molecule has 9 heteroatoms. The molecule has 1 unspecified atom stereocenters. The summed E-state index contributed by atoms with van der Waals surface area (Å²) in [6.45, 7) is 0.769. The van der Waals surface area contributed by atoms with Gasteiger partial charge in [-0.1, -0.05) is 12.1 Å². The van der Waals surface area contributed by atoms with Crippen LogP contribution in [0.1, 0.15) is 34.0 Å². The fourth-order valence-electron chi connectivity index (χ4n) is 1.98. The zero-order valence-electron chi connectivity index (χ0n) is 13.6. The summed E-state index contributed by atoms with van der Waals surface area (Å²) in [6, 6.07) is 5.74. The van der Waals surface area contributed by atoms with Gasteiger partial charge in [-0.05, 0) is 24.6 Å². The van der Waals surface area contributed by atoms with Gasteiger partial charge in [0.05, 0.1) is 12.6 Å². The number of alkyl halides is 3. The third-order valence-corrected chi connectivity index (χ3v) is 4.00. The van der Waals surface area contributed by atoms with Gasteiger partial charge in [0.25, 0.3) is 5.91 Å². The summed E-state index contributed by atoms with van der Waals surface area (Å²) in [5.74, 6) is -0.216. The van der Waals surface area contributed by atoms with Gasteiger partial charge in [0.15, 0.2) is 6.61 Å². The number of carbonyl (C=O) groups excluding carboxylic acids is 1. The van der Waals surface area contributed by atoms with E-state index in [2.05, 4.69) is 15.0 Å². The van der Waals surface area contributed by atoms with Crippen molar-refractivity contribution in [3.8, 4) is 5.75 Å². The number of carbonyl (C=O) groups is 1. The number of benzene rings is 1. The zero-order chi connectivity index (χ0) is 18.4. The van der Waals surface area contributed by atoms with E-state index in [-0.39, 0.29) is 17.7 Å². The molecule has 1 amide bonds. The van der Waals surface area contributed by atoms with Crippen molar-refractivity contribution in [2.24, 2.45) is 0 Å². The van der Waals surface area contributed by atoms with E-state index < -0.39 is 12.8 Å². The first-order valence-corrected chi connectivity index (χ1v) is 8.20. The molecule has 2 aromatic rings. The van der Waals surface area contributed by atoms with Crippen LogP contribution in [-0.4, -0.2) is 30.8 Å². The first-order chi connectivity index (χ1) is 11.8. The second-order valence-electron chi connectivity index (χ2n) is 5.23. The van der Waals surface area contributed by atoms with Gasteiger partial charge in [-0.15, -0.1) is 11.3 Å². The van der Waals surface area contributed by atoms with Gasteiger partial charge >= 0.3 is 6.18 Å². The molecule has 0 radical (unpaired) electrons. The van der Waals surface area contributed by atoms with Crippen molar-refractivity contribution in [1.29, 1.82) is 0 Å². The quantitative estimate of drug-likeness (QED) is 0.802. The zero-order valence-corrected chi connectivity index (χ0v) is 14.4. The largest absolute Gasteiger partial charge is 0.484 e. The van der Waals surface area contributed by atoms with Crippen LogP contribution in [0, 0.1) is 0 Å². The SMILES string of the molecule is COCc1nc(C(=O)NC(C)c2ccc(OCC(F)(F)F)cc2)cs1. The number of thiazole rings is 1. The van der Waals surface area contributed by atoms with Crippen LogP contribution in [0.3, 0.4) is 0 Å². The van der Waals surface area contributed by atoms with Gasteiger partial charge < -0.3 is 14.8 Å². The molecule has 0 saturated carbocycles. The Kier molecular flexibility index (Phi) is 6.38. The molecule has 0 aliphatic heterocycles. The van der Waals surface area contributed by atoms with Crippen molar-refractivity contribution < 1.29 is 27.4 Å². The van der Waals surface area contributed by atoms with Gasteiger partial charge in [0.1, 0.15) is 16.5 Å². The molecule has 1 aromatic carbocycles. The Labute approximate surface area is 146 Å². The number of hydrogen-bond donors (Lipinski definition) is 1. The Bertz CT molecular complexity index is 701. The second kappa shape index (κ2) is 8.30. The van der Waals surface area contributed by atoms with Crippen LogP contribution in [0.4, 0.5) is 13.2 Å². The fourth-order valence-corrected chi connectivity index (χ4v) is 2.72. The number of nitrogens with zero attached hydrogens (tertiary/aromatic N) is 1. The van der Waals surface area contributed by atoms with Crippen molar-refractivity contribution in [1.82, 2.24) is 10.3 Å². The first-order valence-electron chi connectivity index (χ1n) is 7.32. The molecule has 25 heavy (non-hydrogen) atoms. The number of ether oxygens (including phenoxy) is 2. The highest BCUT2D eigenvalue weighted by atomic mass is 32.1. The van der Waals surface area contributed by atoms with Crippen LogP contribution in [0.5, 0.6) is 5.75 Å². The first kappa shape index (κ1) is 19.2. The Hall–Kier alpha value is -2.13. The third kappa shape index (κ3) is 6.02. The number of rotatable bonds is 7. The average molecular weight is 374 g/mol. The highest BCUT2D eigenvalue weighted by molar-refractivity contribution is 7.09. The van der Waals surface area contributed by atoms with Crippen LogP contribution < -0.4 is 10.1 Å². The average Bonchev–Trinajstić information content (AvgIpc) is 3.02. The van der Waals surface area contributed by atoms with Crippen LogP contribution in [0.15, 0.2) is 29.6 Å². The van der Waals surface area contributed by atoms with Crippen molar-refractivity contribution in [2.75, 3.05) is 13.7 Å². The maximum absolute atomic E-state index is 12.2. The molecule has 0 aliphatic carbocycles. The molecule has 1 atom stereocenters. The molecule has 0 fully saturated rings. The molecule has 1 N–H and O–H groups in total. The van der Waals surface area contributed by atoms with Crippen LogP contribution in [0.25, 0.3) is 0 Å². The molecular weight excluding hydrogens is 357 g/mol. The lowest BCUT2D eigenvalue weighted by atomic mass is 10.1. The van der Waals surface area contributed by atoms with Gasteiger partial charge in [0, 0.05) is 12.5 Å². The summed E-state index contributed by atoms with van der Waals surface area (Å²) in [5, 5.41) is 5.13. The van der Waals surface area contributed by atoms with E-state index in [4.69, 9.17) is 4.74 Å². The Balaban J connectivity index is 1.93. The molecule has 0 spiro atoms. The highest BCUT2D eigenvalue weighted by Gasteiger charge is 2.28. The second-order valence-corrected chi connectivity index (χ2v) is 6.17. The standard InChI is InChI=1S/C16H17F3N2O3S/c1-10(20-15(22)13-8-25-14(21-13)7-23-2)11-3-5-12(6-4-11)24-9-16(17,18)19/h3-6,8,10H,7,9H2,1-2H3,(H,20,22). The molecule has 0 saturated heterocycles. The van der Waals surface area contributed by atoms with Crippen LogP contribution in [0.2, 0.25) is 0 Å². The minimum Gasteiger partial charge on any atom is -0.484 e. The van der Waals surface area contributed by atoms with E-state index in [0.29, 0.717) is 17.3 Å². The maximum atomic E-state index is 12.2. The van der Waals surface area contributed by atoms with Crippen molar-refractivity contribution >= 4 is 17.2 Å². The lowest BCUT2D eigenvalue weighted by molar-refractivity contribution is -0.153. The Morgan fingerprint density at radius 1 is 1.32 bits per heavy atom. The molecule has 5 nitrogen and oxygen atoms in total. The van der Waals surface area contributed by atoms with Gasteiger partial charge in [-0.2, -0.15) is 13.2 Å². The predicted octanol–water partition coefficient (Wildman–Crippen LogP) is 3.72. The summed E-state index contributed by atoms with van der Waals surface area (Å²) in [5.41, 5.74) is 1.04. The van der Waals surface area contributed by atoms with Gasteiger partial charge in [-0.3, -0.25) is 4.79 Å². The van der Waals surface area contributed by atoms with Gasteiger partial charge in [-0.25, -0.2) is 4.98 Å². The molecule has 1 heterocycles. The lowest BCUT2D eigenvalue weighted by Crippen LogP contribution is -2.27. The summed E-state index contributed by atoms with van der Waals surface area (Å²) < 4.78 is 46.0. The number of aromatic nitrogens is 1. The number of halogens is 3. The van der Waals surface area contributed by atoms with E-state index in [9.17, 15) is 18.0 Å². The van der Waals surface area contributed by atoms with Crippen molar-refractivity contribution in [3.05, 3.63) is 45.9 Å². The summed E-state index contributed by atoms with van der Waals surface area (Å²) >= 11 is 1.33. The van der Waals surface area contributed by atoms with E-state index in [1.165, 1.54) is 23.5 Å². The van der Waals surface area contributed by atoms with E-state index in [1.54, 1.807) is 31.5 Å². The molecular formula is C16H17F3N2O3S. The van der Waals surface area contributed by atoms with E-state index in [0.717, 1.165) is 5.56 Å². The van der Waals surface area contributed by atoms with E-state index >= 15 is 0 Å². The fraction of sp³-hybridized carbons (Fsp3) is 0.375. The topological polar surface area (TPSA) is 60.5 Å². The smallest absolute Gasteiger partial charge is 0.422 e. The molecule has 0 aliphatic rings. The maximum Gasteiger partial charge on any atom is 0.422 e. The number of nitrogens with one attached hydrogen (secondary N) is 1. The van der Waals surface area contributed by atoms with E-state index in [1.807, 2.05) is 0 Å². The molecule has 2 rings (SSSR count). The third-order valence-electron chi connectivity index (χ3n) is 3.18. The number of methoxy groups -OCH3 is 1. The minimum atomic E-state index is -4.38. The Morgan fingerprint density at radius 2 is 2.00 bits per heavy atom. The molecule has 136 valence electrons. The molecule has 1 aromatic heterocycles. The van der Waals surface area contributed by atoms with Crippen molar-refractivity contribution in [3.63, 3.8) is 0 Å². The van der Waals surface area contributed by atoms with Crippen LogP contribution >= 0.6 is 11.3 Å². The lowest BCUT2D eigenvalue weighted by Gasteiger charge is -2.14. The van der Waals surface area contributed by atoms with Crippen molar-refractivity contribution in [2.45, 2.75) is 25.7 Å². The van der Waals surface area contributed by atoms with Crippen LogP contribution in [-0.2, 0) is 11.3 Å².